The Morgan fingerprint density at radius 1 is 1.32 bits per heavy atom. The number of rotatable bonds is 11. The van der Waals surface area contributed by atoms with Gasteiger partial charge in [0.1, 0.15) is 24.3 Å². The van der Waals surface area contributed by atoms with Gasteiger partial charge in [-0.05, 0) is 23.7 Å². The Kier molecular flexibility index (Phi) is 7.95. The summed E-state index contributed by atoms with van der Waals surface area (Å²) in [5.74, 6) is 1.82. The summed E-state index contributed by atoms with van der Waals surface area (Å²) in [6.07, 6.45) is 3.97. The first-order chi connectivity index (χ1) is 14.9. The van der Waals surface area contributed by atoms with E-state index < -0.39 is 8.07 Å². The van der Waals surface area contributed by atoms with Crippen LogP contribution in [-0.2, 0) is 11.2 Å². The van der Waals surface area contributed by atoms with Gasteiger partial charge in [0.2, 0.25) is 5.88 Å². The minimum atomic E-state index is -1.12. The Bertz CT molecular complexity index is 910. The van der Waals surface area contributed by atoms with Crippen molar-refractivity contribution in [2.45, 2.75) is 44.6 Å². The van der Waals surface area contributed by atoms with E-state index in [4.69, 9.17) is 19.6 Å². The van der Waals surface area contributed by atoms with Crippen LogP contribution < -0.4 is 9.47 Å². The van der Waals surface area contributed by atoms with Crippen molar-refractivity contribution in [3.8, 4) is 17.4 Å². The summed E-state index contributed by atoms with van der Waals surface area (Å²) in [5.41, 5.74) is 2.67. The molecule has 1 aromatic heterocycles. The minimum Gasteiger partial charge on any atom is -0.487 e. The van der Waals surface area contributed by atoms with E-state index in [2.05, 4.69) is 29.6 Å². The number of pyridine rings is 1. The Hall–Kier alpha value is -2.55. The smallest absolute Gasteiger partial charge is 0.219 e. The molecule has 31 heavy (non-hydrogen) atoms. The van der Waals surface area contributed by atoms with E-state index in [-0.39, 0.29) is 19.4 Å². The first kappa shape index (κ1) is 23.1. The molecule has 3 rings (SSSR count). The topological polar surface area (TPSA) is 97.0 Å². The largest absolute Gasteiger partial charge is 0.487 e. The maximum Gasteiger partial charge on any atom is 0.219 e. The molecule has 0 saturated carbocycles. The van der Waals surface area contributed by atoms with Gasteiger partial charge in [-0.25, -0.2) is 4.98 Å². The molecule has 1 atom stereocenters. The second-order valence-electron chi connectivity index (χ2n) is 8.74. The lowest BCUT2D eigenvalue weighted by molar-refractivity contribution is 0.134. The number of nitrogens with one attached hydrogen (secondary N) is 1. The fraction of sp³-hybridized carbons (Fsp3) is 0.435. The van der Waals surface area contributed by atoms with Gasteiger partial charge in [0.05, 0.1) is 12.3 Å². The van der Waals surface area contributed by atoms with Crippen molar-refractivity contribution >= 4 is 20.0 Å². The van der Waals surface area contributed by atoms with E-state index in [1.165, 1.54) is 6.21 Å². The Morgan fingerprint density at radius 2 is 2.16 bits per heavy atom. The van der Waals surface area contributed by atoms with E-state index in [0.717, 1.165) is 28.6 Å². The molecule has 7 nitrogen and oxygen atoms in total. The maximum atomic E-state index is 9.27. The Balaban J connectivity index is 1.60. The standard InChI is InChI=1S/C23H31N3O4Si/c1-31(2,3)11-10-28-16-26-21(8-9-24)18-5-7-23(25-14-18)30-19-6-4-17-12-20(15-27)29-22(17)13-19/h4-7,9,13-14,20,24,27H,8,10-12,15-16H2,1-3H3. The maximum absolute atomic E-state index is 9.27. The molecule has 0 bridgehead atoms. The highest BCUT2D eigenvalue weighted by atomic mass is 28.3. The van der Waals surface area contributed by atoms with Crippen molar-refractivity contribution in [1.29, 1.82) is 5.41 Å². The van der Waals surface area contributed by atoms with Crippen LogP contribution >= 0.6 is 0 Å². The quantitative estimate of drug-likeness (QED) is 0.308. The van der Waals surface area contributed by atoms with E-state index in [1.807, 2.05) is 24.3 Å². The molecule has 8 heteroatoms. The summed E-state index contributed by atoms with van der Waals surface area (Å²) in [7, 11) is -1.12. The molecule has 1 aliphatic heterocycles. The van der Waals surface area contributed by atoms with Crippen LogP contribution in [0.1, 0.15) is 17.5 Å². The lowest BCUT2D eigenvalue weighted by Crippen LogP contribution is -2.21. The Labute approximate surface area is 184 Å². The lowest BCUT2D eigenvalue weighted by atomic mass is 10.1. The van der Waals surface area contributed by atoms with E-state index in [9.17, 15) is 5.11 Å². The first-order valence-corrected chi connectivity index (χ1v) is 14.2. The summed E-state index contributed by atoms with van der Waals surface area (Å²) in [4.78, 5) is 8.90. The molecule has 0 saturated heterocycles. The lowest BCUT2D eigenvalue weighted by Gasteiger charge is -2.14. The van der Waals surface area contributed by atoms with E-state index in [0.29, 0.717) is 31.1 Å². The molecule has 1 aromatic carbocycles. The highest BCUT2D eigenvalue weighted by Gasteiger charge is 2.22. The minimum absolute atomic E-state index is 0.00309. The average Bonchev–Trinajstić information content (AvgIpc) is 3.15. The molecule has 166 valence electrons. The summed E-state index contributed by atoms with van der Waals surface area (Å²) < 4.78 is 17.2. The number of aliphatic imine (C=N–C) groups is 1. The van der Waals surface area contributed by atoms with Crippen LogP contribution in [0.4, 0.5) is 0 Å². The third-order valence-electron chi connectivity index (χ3n) is 4.91. The van der Waals surface area contributed by atoms with Crippen molar-refractivity contribution in [1.82, 2.24) is 4.98 Å². The van der Waals surface area contributed by atoms with E-state index in [1.54, 1.807) is 12.3 Å². The first-order valence-electron chi connectivity index (χ1n) is 10.5. The van der Waals surface area contributed by atoms with Crippen LogP contribution in [0, 0.1) is 5.41 Å². The van der Waals surface area contributed by atoms with Gasteiger partial charge in [0.15, 0.2) is 0 Å². The SMILES string of the molecule is C[Si](C)(C)CCOCN=C(CC=N)c1ccc(Oc2ccc3c(c2)OC(CO)C3)nc1. The number of aliphatic hydroxyl groups is 1. The normalized spacial score (nSPS) is 16.0. The number of nitrogens with zero attached hydrogens (tertiary/aromatic N) is 2. The molecular weight excluding hydrogens is 410 g/mol. The van der Waals surface area contributed by atoms with Gasteiger partial charge >= 0.3 is 0 Å². The average molecular weight is 442 g/mol. The number of aliphatic hydroxyl groups excluding tert-OH is 1. The summed E-state index contributed by atoms with van der Waals surface area (Å²) in [6.45, 7) is 7.95. The zero-order chi connectivity index (χ0) is 22.3. The van der Waals surface area contributed by atoms with Gasteiger partial charge in [-0.15, -0.1) is 0 Å². The zero-order valence-corrected chi connectivity index (χ0v) is 19.4. The summed E-state index contributed by atoms with van der Waals surface area (Å²) >= 11 is 0. The number of ether oxygens (including phenoxy) is 3. The van der Waals surface area contributed by atoms with Gasteiger partial charge in [-0.1, -0.05) is 25.7 Å². The number of hydrogen-bond acceptors (Lipinski definition) is 7. The van der Waals surface area contributed by atoms with Crippen LogP contribution in [-0.4, -0.2) is 56.1 Å². The van der Waals surface area contributed by atoms with Crippen LogP contribution in [0.3, 0.4) is 0 Å². The van der Waals surface area contributed by atoms with Crippen molar-refractivity contribution in [2.75, 3.05) is 19.9 Å². The molecule has 0 radical (unpaired) electrons. The van der Waals surface area contributed by atoms with Gasteiger partial charge in [0.25, 0.3) is 0 Å². The monoisotopic (exact) mass is 441 g/mol. The van der Waals surface area contributed by atoms with Crippen molar-refractivity contribution in [2.24, 2.45) is 4.99 Å². The van der Waals surface area contributed by atoms with Crippen molar-refractivity contribution in [3.05, 3.63) is 47.7 Å². The fourth-order valence-corrected chi connectivity index (χ4v) is 3.87. The van der Waals surface area contributed by atoms with Crippen LogP contribution in [0.25, 0.3) is 0 Å². The fourth-order valence-electron chi connectivity index (χ4n) is 3.11. The molecular formula is C23H31N3O4Si. The second-order valence-corrected chi connectivity index (χ2v) is 14.4. The summed E-state index contributed by atoms with van der Waals surface area (Å²) in [6, 6.07) is 10.4. The van der Waals surface area contributed by atoms with Crippen LogP contribution in [0.15, 0.2) is 41.5 Å². The van der Waals surface area contributed by atoms with Crippen molar-refractivity contribution in [3.63, 3.8) is 0 Å². The molecule has 0 fully saturated rings. The molecule has 0 aliphatic carbocycles. The van der Waals surface area contributed by atoms with Gasteiger partial charge in [-0.2, -0.15) is 0 Å². The third-order valence-corrected chi connectivity index (χ3v) is 6.62. The van der Waals surface area contributed by atoms with Gasteiger partial charge in [0, 0.05) is 57.6 Å². The molecule has 2 N–H and O–H groups in total. The van der Waals surface area contributed by atoms with Crippen molar-refractivity contribution < 1.29 is 19.3 Å². The molecule has 2 aromatic rings. The number of hydrogen-bond donors (Lipinski definition) is 2. The Morgan fingerprint density at radius 3 is 2.84 bits per heavy atom. The molecule has 0 amide bonds. The number of aromatic nitrogens is 1. The molecule has 2 heterocycles. The van der Waals surface area contributed by atoms with Crippen LogP contribution in [0.5, 0.6) is 17.4 Å². The van der Waals surface area contributed by atoms with Gasteiger partial charge < -0.3 is 24.7 Å². The second kappa shape index (κ2) is 10.7. The zero-order valence-electron chi connectivity index (χ0n) is 18.4. The predicted molar refractivity (Wildman–Crippen MR) is 125 cm³/mol. The number of fused-ring (bicyclic) bond motifs is 1. The molecule has 0 spiro atoms. The predicted octanol–water partition coefficient (Wildman–Crippen LogP) is 4.31. The van der Waals surface area contributed by atoms with Gasteiger partial charge in [-0.3, -0.25) is 4.99 Å². The third kappa shape index (κ3) is 6.98. The van der Waals surface area contributed by atoms with E-state index >= 15 is 0 Å². The summed E-state index contributed by atoms with van der Waals surface area (Å²) in [5, 5.41) is 16.7. The van der Waals surface area contributed by atoms with Crippen LogP contribution in [0.2, 0.25) is 25.7 Å². The number of benzene rings is 1. The molecule has 1 aliphatic rings. The highest BCUT2D eigenvalue weighted by Crippen LogP contribution is 2.33. The molecule has 1 unspecified atom stereocenters. The highest BCUT2D eigenvalue weighted by molar-refractivity contribution is 6.76.